The fraction of sp³-hybridized carbons (Fsp3) is 0.857. The summed E-state index contributed by atoms with van der Waals surface area (Å²) in [5, 5.41) is 2.67. The Labute approximate surface area is 115 Å². The Morgan fingerprint density at radius 1 is 1.37 bits per heavy atom. The third-order valence-corrected chi connectivity index (χ3v) is 3.82. The third kappa shape index (κ3) is 5.59. The van der Waals surface area contributed by atoms with Gasteiger partial charge < -0.3 is 15.0 Å². The molecule has 0 radical (unpaired) electrons. The van der Waals surface area contributed by atoms with Gasteiger partial charge in [-0.05, 0) is 38.3 Å². The molecule has 0 saturated carbocycles. The van der Waals surface area contributed by atoms with Crippen LogP contribution in [0.2, 0.25) is 0 Å². The molecule has 1 N–H and O–H groups in total. The average molecular weight is 270 g/mol. The standard InChI is InChI=1S/C14H26N2O3/c1-4-12-6-5-8-16(9-7-12)10-13(14(18)19-3)15-11(2)17/h12-13H,4-10H2,1-3H3,(H,15,17). The quantitative estimate of drug-likeness (QED) is 0.762. The van der Waals surface area contributed by atoms with Crippen LogP contribution in [0.25, 0.3) is 0 Å². The lowest BCUT2D eigenvalue weighted by Gasteiger charge is -2.25. The zero-order valence-electron chi connectivity index (χ0n) is 12.3. The van der Waals surface area contributed by atoms with Gasteiger partial charge in [0.05, 0.1) is 7.11 Å². The van der Waals surface area contributed by atoms with Gasteiger partial charge in [-0.2, -0.15) is 0 Å². The molecule has 1 amide bonds. The van der Waals surface area contributed by atoms with Crippen LogP contribution in [0.1, 0.15) is 39.5 Å². The molecule has 1 aliphatic rings. The van der Waals surface area contributed by atoms with Crippen LogP contribution in [0.15, 0.2) is 0 Å². The Morgan fingerprint density at radius 3 is 2.68 bits per heavy atom. The molecule has 2 atom stereocenters. The van der Waals surface area contributed by atoms with E-state index in [9.17, 15) is 9.59 Å². The molecule has 0 aromatic carbocycles. The van der Waals surface area contributed by atoms with Gasteiger partial charge in [-0.1, -0.05) is 13.3 Å². The molecular weight excluding hydrogens is 244 g/mol. The number of esters is 1. The summed E-state index contributed by atoms with van der Waals surface area (Å²) in [6.07, 6.45) is 4.81. The number of likely N-dealkylation sites (tertiary alicyclic amines) is 1. The van der Waals surface area contributed by atoms with E-state index in [4.69, 9.17) is 4.74 Å². The highest BCUT2D eigenvalue weighted by Crippen LogP contribution is 2.20. The molecule has 2 unspecified atom stereocenters. The molecule has 1 saturated heterocycles. The monoisotopic (exact) mass is 270 g/mol. The van der Waals surface area contributed by atoms with E-state index in [1.807, 2.05) is 0 Å². The molecule has 0 aromatic rings. The number of nitrogens with one attached hydrogen (secondary N) is 1. The Bertz CT molecular complexity index is 307. The summed E-state index contributed by atoms with van der Waals surface area (Å²) < 4.78 is 4.75. The lowest BCUT2D eigenvalue weighted by atomic mass is 9.98. The minimum Gasteiger partial charge on any atom is -0.467 e. The molecule has 1 rings (SSSR count). The lowest BCUT2D eigenvalue weighted by Crippen LogP contribution is -2.48. The van der Waals surface area contributed by atoms with Gasteiger partial charge in [0.15, 0.2) is 0 Å². The molecule has 1 heterocycles. The molecule has 5 nitrogen and oxygen atoms in total. The zero-order valence-corrected chi connectivity index (χ0v) is 12.3. The predicted octanol–water partition coefficient (Wildman–Crippen LogP) is 1.18. The first kappa shape index (κ1) is 16.0. The second-order valence-corrected chi connectivity index (χ2v) is 5.28. The number of amides is 1. The van der Waals surface area contributed by atoms with E-state index in [1.54, 1.807) is 0 Å². The van der Waals surface area contributed by atoms with Crippen molar-refractivity contribution in [2.75, 3.05) is 26.7 Å². The zero-order chi connectivity index (χ0) is 14.3. The minimum atomic E-state index is -0.555. The van der Waals surface area contributed by atoms with Crippen LogP contribution in [-0.4, -0.2) is 49.6 Å². The Balaban J connectivity index is 2.53. The molecule has 0 spiro atoms. The van der Waals surface area contributed by atoms with Crippen molar-refractivity contribution in [2.45, 2.75) is 45.6 Å². The molecule has 5 heteroatoms. The van der Waals surface area contributed by atoms with Crippen molar-refractivity contribution in [3.8, 4) is 0 Å². The number of methoxy groups -OCH3 is 1. The maximum atomic E-state index is 11.7. The van der Waals surface area contributed by atoms with E-state index in [0.717, 1.165) is 25.4 Å². The number of ether oxygens (including phenoxy) is 1. The summed E-state index contributed by atoms with van der Waals surface area (Å²) in [6, 6.07) is -0.555. The Kier molecular flexibility index (Phi) is 6.84. The molecule has 1 fully saturated rings. The van der Waals surface area contributed by atoms with Crippen LogP contribution in [0, 0.1) is 5.92 Å². The first-order valence-electron chi connectivity index (χ1n) is 7.14. The maximum Gasteiger partial charge on any atom is 0.329 e. The van der Waals surface area contributed by atoms with Gasteiger partial charge in [0.2, 0.25) is 5.91 Å². The van der Waals surface area contributed by atoms with Crippen molar-refractivity contribution in [2.24, 2.45) is 5.92 Å². The molecule has 110 valence electrons. The maximum absolute atomic E-state index is 11.7. The van der Waals surface area contributed by atoms with Crippen LogP contribution in [0.4, 0.5) is 0 Å². The SMILES string of the molecule is CCC1CCCN(CC(NC(C)=O)C(=O)OC)CC1. The fourth-order valence-corrected chi connectivity index (χ4v) is 2.64. The summed E-state index contributed by atoms with van der Waals surface area (Å²) in [4.78, 5) is 25.1. The number of rotatable bonds is 5. The van der Waals surface area contributed by atoms with Crippen molar-refractivity contribution < 1.29 is 14.3 Å². The normalized spacial score (nSPS) is 22.4. The Hall–Kier alpha value is -1.10. The first-order chi connectivity index (χ1) is 9.06. The summed E-state index contributed by atoms with van der Waals surface area (Å²) >= 11 is 0. The van der Waals surface area contributed by atoms with Crippen LogP contribution in [0.3, 0.4) is 0 Å². The molecule has 0 aliphatic carbocycles. The van der Waals surface area contributed by atoms with Crippen molar-refractivity contribution in [1.82, 2.24) is 10.2 Å². The van der Waals surface area contributed by atoms with E-state index < -0.39 is 6.04 Å². The number of hydrogen-bond donors (Lipinski definition) is 1. The topological polar surface area (TPSA) is 58.6 Å². The van der Waals surface area contributed by atoms with Crippen LogP contribution >= 0.6 is 0 Å². The fourth-order valence-electron chi connectivity index (χ4n) is 2.64. The average Bonchev–Trinajstić information content (AvgIpc) is 2.61. The van der Waals surface area contributed by atoms with Gasteiger partial charge in [0.1, 0.15) is 6.04 Å². The highest BCUT2D eigenvalue weighted by atomic mass is 16.5. The predicted molar refractivity (Wildman–Crippen MR) is 73.7 cm³/mol. The van der Waals surface area contributed by atoms with E-state index >= 15 is 0 Å². The van der Waals surface area contributed by atoms with Gasteiger partial charge in [-0.25, -0.2) is 4.79 Å². The van der Waals surface area contributed by atoms with E-state index in [1.165, 1.54) is 33.3 Å². The number of carbonyl (C=O) groups is 2. The van der Waals surface area contributed by atoms with E-state index in [0.29, 0.717) is 6.54 Å². The second-order valence-electron chi connectivity index (χ2n) is 5.28. The van der Waals surface area contributed by atoms with Gasteiger partial charge >= 0.3 is 5.97 Å². The molecule has 0 aromatic heterocycles. The van der Waals surface area contributed by atoms with Crippen molar-refractivity contribution in [3.63, 3.8) is 0 Å². The third-order valence-electron chi connectivity index (χ3n) is 3.82. The minimum absolute atomic E-state index is 0.198. The van der Waals surface area contributed by atoms with E-state index in [-0.39, 0.29) is 11.9 Å². The molecule has 19 heavy (non-hydrogen) atoms. The summed E-state index contributed by atoms with van der Waals surface area (Å²) in [5.74, 6) is 0.227. The Morgan fingerprint density at radius 2 is 2.11 bits per heavy atom. The molecular formula is C14H26N2O3. The number of carbonyl (C=O) groups excluding carboxylic acids is 2. The smallest absolute Gasteiger partial charge is 0.329 e. The van der Waals surface area contributed by atoms with Gasteiger partial charge in [0.25, 0.3) is 0 Å². The van der Waals surface area contributed by atoms with Gasteiger partial charge in [0, 0.05) is 13.5 Å². The lowest BCUT2D eigenvalue weighted by molar-refractivity contribution is -0.145. The van der Waals surface area contributed by atoms with Crippen LogP contribution in [0.5, 0.6) is 0 Å². The van der Waals surface area contributed by atoms with Crippen molar-refractivity contribution >= 4 is 11.9 Å². The van der Waals surface area contributed by atoms with Crippen molar-refractivity contribution in [1.29, 1.82) is 0 Å². The second kappa shape index (κ2) is 8.15. The number of nitrogens with zero attached hydrogens (tertiary/aromatic N) is 1. The van der Waals surface area contributed by atoms with E-state index in [2.05, 4.69) is 17.1 Å². The molecule has 0 bridgehead atoms. The number of hydrogen-bond acceptors (Lipinski definition) is 4. The summed E-state index contributed by atoms with van der Waals surface area (Å²) in [7, 11) is 1.35. The van der Waals surface area contributed by atoms with Crippen LogP contribution < -0.4 is 5.32 Å². The highest BCUT2D eigenvalue weighted by molar-refractivity contribution is 5.83. The summed E-state index contributed by atoms with van der Waals surface area (Å²) in [6.45, 7) is 6.18. The highest BCUT2D eigenvalue weighted by Gasteiger charge is 2.24. The molecule has 1 aliphatic heterocycles. The summed E-state index contributed by atoms with van der Waals surface area (Å²) in [5.41, 5.74) is 0. The van der Waals surface area contributed by atoms with Gasteiger partial charge in [-0.15, -0.1) is 0 Å². The van der Waals surface area contributed by atoms with Crippen molar-refractivity contribution in [3.05, 3.63) is 0 Å². The first-order valence-corrected chi connectivity index (χ1v) is 7.14. The largest absolute Gasteiger partial charge is 0.467 e. The van der Waals surface area contributed by atoms with Crippen LogP contribution in [-0.2, 0) is 14.3 Å². The van der Waals surface area contributed by atoms with Gasteiger partial charge in [-0.3, -0.25) is 4.79 Å².